The number of rotatable bonds is 8. The van der Waals surface area contributed by atoms with E-state index in [0.717, 1.165) is 5.56 Å². The van der Waals surface area contributed by atoms with Gasteiger partial charge in [-0.3, -0.25) is 9.10 Å². The first-order chi connectivity index (χ1) is 15.2. The summed E-state index contributed by atoms with van der Waals surface area (Å²) in [7, 11) is -0.811. The van der Waals surface area contributed by atoms with E-state index < -0.39 is 10.0 Å². The highest BCUT2D eigenvalue weighted by atomic mass is 32.2. The third kappa shape index (κ3) is 5.11. The molecule has 0 fully saturated rings. The molecule has 0 radical (unpaired) electrons. The summed E-state index contributed by atoms with van der Waals surface area (Å²) in [5.74, 6) is 0.423. The molecule has 0 atom stereocenters. The molecule has 1 amide bonds. The Kier molecular flexibility index (Phi) is 7.20. The minimum Gasteiger partial charge on any atom is -0.497 e. The lowest BCUT2D eigenvalue weighted by atomic mass is 10.1. The monoisotopic (exact) mass is 452 g/mol. The van der Waals surface area contributed by atoms with Crippen molar-refractivity contribution in [1.82, 2.24) is 4.90 Å². The number of hydrogen-bond donors (Lipinski definition) is 0. The first-order valence-corrected chi connectivity index (χ1v) is 11.8. The van der Waals surface area contributed by atoms with Crippen molar-refractivity contribution in [3.63, 3.8) is 0 Å². The molecule has 168 valence electrons. The Morgan fingerprint density at radius 1 is 0.938 bits per heavy atom. The SMILES string of the molecule is COc1ccc(N(C)S(=O)(=O)c2cccc(C(=O)N(Cc3ccccc3)C(C)C)c2)cc1. The van der Waals surface area contributed by atoms with Crippen molar-refractivity contribution in [3.8, 4) is 5.75 Å². The molecular weight excluding hydrogens is 424 g/mol. The smallest absolute Gasteiger partial charge is 0.264 e. The number of carbonyl (C=O) groups excluding carboxylic acids is 1. The van der Waals surface area contributed by atoms with E-state index in [-0.39, 0.29) is 16.8 Å². The molecule has 3 aromatic carbocycles. The normalized spacial score (nSPS) is 11.3. The Balaban J connectivity index is 1.89. The van der Waals surface area contributed by atoms with Crippen LogP contribution >= 0.6 is 0 Å². The molecule has 0 saturated carbocycles. The van der Waals surface area contributed by atoms with Gasteiger partial charge in [0.05, 0.1) is 17.7 Å². The average Bonchev–Trinajstić information content (AvgIpc) is 2.82. The summed E-state index contributed by atoms with van der Waals surface area (Å²) in [6.07, 6.45) is 0. The molecule has 0 aliphatic heterocycles. The number of nitrogens with zero attached hydrogens (tertiary/aromatic N) is 2. The molecule has 0 aliphatic carbocycles. The van der Waals surface area contributed by atoms with Crippen LogP contribution in [0, 0.1) is 0 Å². The maximum atomic E-state index is 13.3. The van der Waals surface area contributed by atoms with Gasteiger partial charge in [-0.15, -0.1) is 0 Å². The summed E-state index contributed by atoms with van der Waals surface area (Å²) in [4.78, 5) is 15.1. The van der Waals surface area contributed by atoms with Crippen molar-refractivity contribution in [2.75, 3.05) is 18.5 Å². The Bertz CT molecular complexity index is 1160. The summed E-state index contributed by atoms with van der Waals surface area (Å²) < 4.78 is 32.8. The first-order valence-electron chi connectivity index (χ1n) is 10.3. The molecule has 0 N–H and O–H groups in total. The highest BCUT2D eigenvalue weighted by Gasteiger charge is 2.25. The number of anilines is 1. The maximum absolute atomic E-state index is 13.3. The van der Waals surface area contributed by atoms with Gasteiger partial charge in [0.2, 0.25) is 0 Å². The molecule has 6 nitrogen and oxygen atoms in total. The van der Waals surface area contributed by atoms with Crippen LogP contribution in [0.5, 0.6) is 5.75 Å². The van der Waals surface area contributed by atoms with Crippen LogP contribution in [0.3, 0.4) is 0 Å². The number of benzene rings is 3. The van der Waals surface area contributed by atoms with Crippen LogP contribution in [0.1, 0.15) is 29.8 Å². The van der Waals surface area contributed by atoms with Crippen LogP contribution in [0.2, 0.25) is 0 Å². The third-order valence-corrected chi connectivity index (χ3v) is 7.04. The van der Waals surface area contributed by atoms with Crippen molar-refractivity contribution in [2.24, 2.45) is 0 Å². The van der Waals surface area contributed by atoms with Gasteiger partial charge in [0, 0.05) is 25.2 Å². The summed E-state index contributed by atoms with van der Waals surface area (Å²) in [5.41, 5.74) is 1.84. The molecule has 0 aliphatic rings. The zero-order valence-electron chi connectivity index (χ0n) is 18.7. The molecule has 0 saturated heterocycles. The van der Waals surface area contributed by atoms with Gasteiger partial charge in [-0.1, -0.05) is 36.4 Å². The molecular formula is C25H28N2O4S. The van der Waals surface area contributed by atoms with Gasteiger partial charge >= 0.3 is 0 Å². The molecule has 0 heterocycles. The van der Waals surface area contributed by atoms with E-state index in [2.05, 4.69) is 0 Å². The van der Waals surface area contributed by atoms with E-state index in [1.807, 2.05) is 44.2 Å². The van der Waals surface area contributed by atoms with Crippen molar-refractivity contribution in [3.05, 3.63) is 90.0 Å². The second-order valence-electron chi connectivity index (χ2n) is 7.71. The average molecular weight is 453 g/mol. The topological polar surface area (TPSA) is 66.9 Å². The quantitative estimate of drug-likeness (QED) is 0.502. The number of carbonyl (C=O) groups is 1. The largest absolute Gasteiger partial charge is 0.497 e. The van der Waals surface area contributed by atoms with Gasteiger partial charge in [0.1, 0.15) is 5.75 Å². The Hall–Kier alpha value is -3.32. The predicted octanol–water partition coefficient (Wildman–Crippen LogP) is 4.57. The summed E-state index contributed by atoms with van der Waals surface area (Å²) in [5, 5.41) is 0. The Labute approximate surface area is 190 Å². The molecule has 7 heteroatoms. The molecule has 3 rings (SSSR count). The van der Waals surface area contributed by atoms with Crippen LogP contribution in [0.25, 0.3) is 0 Å². The fourth-order valence-electron chi connectivity index (χ4n) is 3.31. The summed E-state index contributed by atoms with van der Waals surface area (Å²) in [6, 6.07) is 22.6. The van der Waals surface area contributed by atoms with Gasteiger partial charge < -0.3 is 9.64 Å². The van der Waals surface area contributed by atoms with Crippen LogP contribution in [-0.4, -0.2) is 39.4 Å². The van der Waals surface area contributed by atoms with Gasteiger partial charge in [0.15, 0.2) is 0 Å². The van der Waals surface area contributed by atoms with Gasteiger partial charge in [-0.2, -0.15) is 0 Å². The van der Waals surface area contributed by atoms with E-state index in [4.69, 9.17) is 4.74 Å². The zero-order chi connectivity index (χ0) is 23.3. The van der Waals surface area contributed by atoms with E-state index >= 15 is 0 Å². The number of hydrogen-bond acceptors (Lipinski definition) is 4. The standard InChI is InChI=1S/C25H28N2O4S/c1-19(2)27(18-20-9-6-5-7-10-20)25(28)21-11-8-12-24(17-21)32(29,30)26(3)22-13-15-23(31-4)16-14-22/h5-17,19H,18H2,1-4H3. The third-order valence-electron chi connectivity index (χ3n) is 5.26. The van der Waals surface area contributed by atoms with Gasteiger partial charge in [-0.05, 0) is 61.9 Å². The first kappa shape index (κ1) is 23.3. The Morgan fingerprint density at radius 2 is 1.59 bits per heavy atom. The maximum Gasteiger partial charge on any atom is 0.264 e. The molecule has 3 aromatic rings. The van der Waals surface area contributed by atoms with Gasteiger partial charge in [0.25, 0.3) is 15.9 Å². The Morgan fingerprint density at radius 3 is 2.19 bits per heavy atom. The van der Waals surface area contributed by atoms with E-state index in [1.165, 1.54) is 23.5 Å². The fraction of sp³-hybridized carbons (Fsp3) is 0.240. The van der Waals surface area contributed by atoms with Crippen molar-refractivity contribution in [2.45, 2.75) is 31.3 Å². The second kappa shape index (κ2) is 9.87. The molecule has 0 unspecified atom stereocenters. The zero-order valence-corrected chi connectivity index (χ0v) is 19.5. The fourth-order valence-corrected chi connectivity index (χ4v) is 4.56. The van der Waals surface area contributed by atoms with Crippen LogP contribution in [0.15, 0.2) is 83.8 Å². The van der Waals surface area contributed by atoms with Crippen molar-refractivity contribution >= 4 is 21.6 Å². The number of amides is 1. The molecule has 0 bridgehead atoms. The predicted molar refractivity (Wildman–Crippen MR) is 126 cm³/mol. The van der Waals surface area contributed by atoms with Crippen molar-refractivity contribution < 1.29 is 17.9 Å². The molecule has 32 heavy (non-hydrogen) atoms. The number of sulfonamides is 1. The minimum absolute atomic E-state index is 0.0510. The summed E-state index contributed by atoms with van der Waals surface area (Å²) >= 11 is 0. The van der Waals surface area contributed by atoms with Gasteiger partial charge in [-0.25, -0.2) is 8.42 Å². The molecule has 0 aromatic heterocycles. The minimum atomic E-state index is -3.85. The lowest BCUT2D eigenvalue weighted by Crippen LogP contribution is -2.36. The number of ether oxygens (including phenoxy) is 1. The second-order valence-corrected chi connectivity index (χ2v) is 9.68. The van der Waals surface area contributed by atoms with E-state index in [0.29, 0.717) is 23.5 Å². The summed E-state index contributed by atoms with van der Waals surface area (Å²) in [6.45, 7) is 4.33. The van der Waals surface area contributed by atoms with Crippen LogP contribution in [-0.2, 0) is 16.6 Å². The van der Waals surface area contributed by atoms with Crippen LogP contribution < -0.4 is 9.04 Å². The van der Waals surface area contributed by atoms with Crippen molar-refractivity contribution in [1.29, 1.82) is 0 Å². The highest BCUT2D eigenvalue weighted by molar-refractivity contribution is 7.92. The highest BCUT2D eigenvalue weighted by Crippen LogP contribution is 2.25. The number of methoxy groups -OCH3 is 1. The lowest BCUT2D eigenvalue weighted by Gasteiger charge is -2.27. The molecule has 0 spiro atoms. The van der Waals surface area contributed by atoms with Crippen LogP contribution in [0.4, 0.5) is 5.69 Å². The van der Waals surface area contributed by atoms with E-state index in [1.54, 1.807) is 48.4 Å². The lowest BCUT2D eigenvalue weighted by molar-refractivity contribution is 0.0690. The van der Waals surface area contributed by atoms with E-state index in [9.17, 15) is 13.2 Å².